The van der Waals surface area contributed by atoms with E-state index in [-0.39, 0.29) is 12.7 Å². The minimum absolute atomic E-state index is 0.115. The summed E-state index contributed by atoms with van der Waals surface area (Å²) in [5, 5.41) is 8.83. The van der Waals surface area contributed by atoms with E-state index in [1.807, 2.05) is 41.8 Å². The maximum absolute atomic E-state index is 11.4. The lowest BCUT2D eigenvalue weighted by Gasteiger charge is -2.14. The van der Waals surface area contributed by atoms with Crippen molar-refractivity contribution >= 4 is 33.8 Å². The molecule has 2 N–H and O–H groups in total. The van der Waals surface area contributed by atoms with Gasteiger partial charge in [-0.2, -0.15) is 0 Å². The van der Waals surface area contributed by atoms with Crippen LogP contribution in [0, 0.1) is 0 Å². The third-order valence-electron chi connectivity index (χ3n) is 3.68. The third kappa shape index (κ3) is 3.14. The predicted molar refractivity (Wildman–Crippen MR) is 97.7 cm³/mol. The number of nitrogens with one attached hydrogen (secondary N) is 2. The van der Waals surface area contributed by atoms with Crippen molar-refractivity contribution in [1.29, 1.82) is 0 Å². The Morgan fingerprint density at radius 1 is 1.24 bits per heavy atom. The van der Waals surface area contributed by atoms with Crippen LogP contribution in [0.25, 0.3) is 11.1 Å². The standard InChI is InChI=1S/C18H15N3O3S/c1-11(22)20-13-4-2-3-12(9-13)16-14(21-18-19-7-8-25-18)5-6-15-17(16)24-10-23-15/h2-9H,10H2,1H3,(H,19,21)(H,20,22). The van der Waals surface area contributed by atoms with Crippen molar-refractivity contribution in [3.05, 3.63) is 48.0 Å². The average molecular weight is 353 g/mol. The second kappa shape index (κ2) is 6.45. The van der Waals surface area contributed by atoms with Crippen molar-refractivity contribution in [1.82, 2.24) is 4.98 Å². The van der Waals surface area contributed by atoms with Gasteiger partial charge < -0.3 is 20.1 Å². The Morgan fingerprint density at radius 2 is 2.16 bits per heavy atom. The first kappa shape index (κ1) is 15.5. The Kier molecular flexibility index (Phi) is 3.99. The number of hydrogen-bond donors (Lipinski definition) is 2. The van der Waals surface area contributed by atoms with E-state index in [0.717, 1.165) is 27.6 Å². The zero-order valence-corrected chi connectivity index (χ0v) is 14.2. The lowest BCUT2D eigenvalue weighted by molar-refractivity contribution is -0.114. The van der Waals surface area contributed by atoms with Gasteiger partial charge in [-0.15, -0.1) is 11.3 Å². The van der Waals surface area contributed by atoms with E-state index >= 15 is 0 Å². The Hall–Kier alpha value is -3.06. The van der Waals surface area contributed by atoms with Gasteiger partial charge in [0.2, 0.25) is 12.7 Å². The topological polar surface area (TPSA) is 72.5 Å². The smallest absolute Gasteiger partial charge is 0.231 e. The van der Waals surface area contributed by atoms with Gasteiger partial charge in [0.05, 0.1) is 11.3 Å². The molecule has 6 nitrogen and oxygen atoms in total. The number of carbonyl (C=O) groups is 1. The fourth-order valence-corrected chi connectivity index (χ4v) is 3.26. The number of aromatic nitrogens is 1. The van der Waals surface area contributed by atoms with Gasteiger partial charge in [-0.25, -0.2) is 4.98 Å². The van der Waals surface area contributed by atoms with Gasteiger partial charge in [0, 0.05) is 24.2 Å². The molecule has 1 aliphatic heterocycles. The van der Waals surface area contributed by atoms with Gasteiger partial charge in [-0.3, -0.25) is 4.79 Å². The van der Waals surface area contributed by atoms with Gasteiger partial charge in [-0.1, -0.05) is 12.1 Å². The summed E-state index contributed by atoms with van der Waals surface area (Å²) in [6.45, 7) is 1.67. The summed E-state index contributed by atoms with van der Waals surface area (Å²) in [5.41, 5.74) is 3.37. The van der Waals surface area contributed by atoms with Crippen LogP contribution in [0.15, 0.2) is 48.0 Å². The fraction of sp³-hybridized carbons (Fsp3) is 0.111. The molecule has 1 amide bonds. The molecule has 25 heavy (non-hydrogen) atoms. The first-order valence-corrected chi connectivity index (χ1v) is 8.56. The largest absolute Gasteiger partial charge is 0.454 e. The second-order valence-corrected chi connectivity index (χ2v) is 6.34. The highest BCUT2D eigenvalue weighted by atomic mass is 32.1. The van der Waals surface area contributed by atoms with Crippen LogP contribution >= 0.6 is 11.3 Å². The monoisotopic (exact) mass is 353 g/mol. The van der Waals surface area contributed by atoms with Crippen LogP contribution in [0.3, 0.4) is 0 Å². The minimum atomic E-state index is -0.115. The van der Waals surface area contributed by atoms with Crippen LogP contribution in [0.4, 0.5) is 16.5 Å². The highest BCUT2D eigenvalue weighted by molar-refractivity contribution is 7.13. The molecule has 1 aliphatic rings. The minimum Gasteiger partial charge on any atom is -0.454 e. The van der Waals surface area contributed by atoms with E-state index in [1.54, 1.807) is 6.20 Å². The molecule has 0 bridgehead atoms. The summed E-state index contributed by atoms with van der Waals surface area (Å²) in [5.74, 6) is 1.27. The zero-order valence-electron chi connectivity index (χ0n) is 13.4. The number of anilines is 3. The number of hydrogen-bond acceptors (Lipinski definition) is 6. The van der Waals surface area contributed by atoms with Crippen LogP contribution in [0.5, 0.6) is 11.5 Å². The number of carbonyl (C=O) groups excluding carboxylic acids is 1. The first-order chi connectivity index (χ1) is 12.2. The molecule has 0 saturated heterocycles. The molecular formula is C18H15N3O3S. The summed E-state index contributed by atoms with van der Waals surface area (Å²) in [4.78, 5) is 15.6. The van der Waals surface area contributed by atoms with E-state index in [9.17, 15) is 4.79 Å². The SMILES string of the molecule is CC(=O)Nc1cccc(-c2c(Nc3nccs3)ccc3c2OCO3)c1. The van der Waals surface area contributed by atoms with Crippen molar-refractivity contribution in [2.75, 3.05) is 17.4 Å². The Bertz CT molecular complexity index is 925. The average Bonchev–Trinajstić information content (AvgIpc) is 3.25. The van der Waals surface area contributed by atoms with Crippen LogP contribution in [0.2, 0.25) is 0 Å². The molecule has 0 atom stereocenters. The highest BCUT2D eigenvalue weighted by Gasteiger charge is 2.22. The number of fused-ring (bicyclic) bond motifs is 1. The lowest BCUT2D eigenvalue weighted by Crippen LogP contribution is -2.05. The van der Waals surface area contributed by atoms with Gasteiger partial charge in [0.15, 0.2) is 16.6 Å². The van der Waals surface area contributed by atoms with Crippen molar-refractivity contribution < 1.29 is 14.3 Å². The molecule has 0 saturated carbocycles. The molecular weight excluding hydrogens is 338 g/mol. The van der Waals surface area contributed by atoms with Crippen molar-refractivity contribution in [2.45, 2.75) is 6.92 Å². The molecule has 0 fully saturated rings. The van der Waals surface area contributed by atoms with Crippen LogP contribution in [-0.4, -0.2) is 17.7 Å². The van der Waals surface area contributed by atoms with Gasteiger partial charge >= 0.3 is 0 Å². The van der Waals surface area contributed by atoms with Crippen LogP contribution in [0.1, 0.15) is 6.92 Å². The highest BCUT2D eigenvalue weighted by Crippen LogP contribution is 2.47. The van der Waals surface area contributed by atoms with Crippen LogP contribution in [-0.2, 0) is 4.79 Å². The molecule has 4 rings (SSSR count). The zero-order chi connectivity index (χ0) is 17.2. The Morgan fingerprint density at radius 3 is 2.96 bits per heavy atom. The van der Waals surface area contributed by atoms with Gasteiger partial charge in [-0.05, 0) is 29.8 Å². The summed E-state index contributed by atoms with van der Waals surface area (Å²) < 4.78 is 11.2. The van der Waals surface area contributed by atoms with Gasteiger partial charge in [0.1, 0.15) is 0 Å². The molecule has 0 aliphatic carbocycles. The molecule has 7 heteroatoms. The van der Waals surface area contributed by atoms with E-state index in [0.29, 0.717) is 11.5 Å². The maximum Gasteiger partial charge on any atom is 0.231 e. The first-order valence-electron chi connectivity index (χ1n) is 7.68. The van der Waals surface area contributed by atoms with Crippen molar-refractivity contribution in [2.24, 2.45) is 0 Å². The number of benzene rings is 2. The summed E-state index contributed by atoms with van der Waals surface area (Å²) in [7, 11) is 0. The van der Waals surface area contributed by atoms with Gasteiger partial charge in [0.25, 0.3) is 0 Å². The van der Waals surface area contributed by atoms with E-state index < -0.39 is 0 Å². The Labute approximate surface area is 148 Å². The fourth-order valence-electron chi connectivity index (χ4n) is 2.72. The molecule has 126 valence electrons. The Balaban J connectivity index is 1.82. The molecule has 0 unspecified atom stereocenters. The normalized spacial score (nSPS) is 12.0. The van der Waals surface area contributed by atoms with Crippen LogP contribution < -0.4 is 20.1 Å². The second-order valence-electron chi connectivity index (χ2n) is 5.45. The summed E-state index contributed by atoms with van der Waals surface area (Å²) >= 11 is 1.52. The number of ether oxygens (including phenoxy) is 2. The maximum atomic E-state index is 11.4. The number of nitrogens with zero attached hydrogens (tertiary/aromatic N) is 1. The predicted octanol–water partition coefficient (Wildman–Crippen LogP) is 4.24. The molecule has 2 heterocycles. The summed E-state index contributed by atoms with van der Waals surface area (Å²) in [6, 6.07) is 11.4. The number of thiazole rings is 1. The van der Waals surface area contributed by atoms with E-state index in [1.165, 1.54) is 18.3 Å². The van der Waals surface area contributed by atoms with E-state index in [2.05, 4.69) is 15.6 Å². The van der Waals surface area contributed by atoms with Crippen molar-refractivity contribution in [3.8, 4) is 22.6 Å². The molecule has 0 spiro atoms. The van der Waals surface area contributed by atoms with Crippen molar-refractivity contribution in [3.63, 3.8) is 0 Å². The number of rotatable bonds is 4. The lowest BCUT2D eigenvalue weighted by atomic mass is 10.0. The molecule has 0 radical (unpaired) electrons. The molecule has 1 aromatic heterocycles. The molecule has 3 aromatic rings. The molecule has 2 aromatic carbocycles. The number of amides is 1. The van der Waals surface area contributed by atoms with E-state index in [4.69, 9.17) is 9.47 Å². The summed E-state index contributed by atoms with van der Waals surface area (Å²) in [6.07, 6.45) is 1.75. The third-order valence-corrected chi connectivity index (χ3v) is 4.37. The quantitative estimate of drug-likeness (QED) is 0.734.